The Morgan fingerprint density at radius 1 is 1.42 bits per heavy atom. The summed E-state index contributed by atoms with van der Waals surface area (Å²) in [6.45, 7) is 1.80. The number of halogens is 2. The molecule has 1 saturated carbocycles. The minimum atomic E-state index is -2.20. The van der Waals surface area contributed by atoms with E-state index in [0.717, 1.165) is 19.5 Å². The van der Waals surface area contributed by atoms with Gasteiger partial charge in [-0.1, -0.05) is 0 Å². The second kappa shape index (κ2) is 2.92. The van der Waals surface area contributed by atoms with Crippen molar-refractivity contribution >= 4 is 0 Å². The number of hydrogen-bond donors (Lipinski definition) is 2. The summed E-state index contributed by atoms with van der Waals surface area (Å²) < 4.78 is 24.9. The zero-order valence-corrected chi connectivity index (χ0v) is 6.95. The third-order valence-corrected chi connectivity index (χ3v) is 2.76. The number of nitrogens with one attached hydrogen (secondary N) is 2. The Labute approximate surface area is 70.7 Å². The van der Waals surface area contributed by atoms with Gasteiger partial charge >= 0.3 is 0 Å². The zero-order valence-electron chi connectivity index (χ0n) is 6.95. The van der Waals surface area contributed by atoms with E-state index >= 15 is 0 Å². The van der Waals surface area contributed by atoms with E-state index in [9.17, 15) is 8.78 Å². The third kappa shape index (κ3) is 1.45. The minimum absolute atomic E-state index is 0.265. The van der Waals surface area contributed by atoms with Crippen molar-refractivity contribution in [3.63, 3.8) is 0 Å². The molecular weight excluding hydrogens is 162 g/mol. The molecule has 0 aromatic rings. The van der Waals surface area contributed by atoms with E-state index in [1.807, 2.05) is 0 Å². The molecule has 2 nitrogen and oxygen atoms in total. The summed E-state index contributed by atoms with van der Waals surface area (Å²) in [5.74, 6) is 0. The summed E-state index contributed by atoms with van der Waals surface area (Å²) in [4.78, 5) is 0. The maximum atomic E-state index is 12.4. The predicted molar refractivity (Wildman–Crippen MR) is 42.4 cm³/mol. The van der Waals surface area contributed by atoms with Crippen molar-refractivity contribution in [2.24, 2.45) is 0 Å². The van der Waals surface area contributed by atoms with Crippen molar-refractivity contribution in [2.45, 2.75) is 37.3 Å². The van der Waals surface area contributed by atoms with Crippen LogP contribution in [-0.4, -0.2) is 31.1 Å². The fourth-order valence-electron chi connectivity index (χ4n) is 1.74. The van der Waals surface area contributed by atoms with Crippen LogP contribution in [0.3, 0.4) is 0 Å². The molecule has 0 bridgehead atoms. The molecule has 1 saturated heterocycles. The molecule has 4 heteroatoms. The van der Waals surface area contributed by atoms with Crippen LogP contribution in [0.15, 0.2) is 0 Å². The lowest BCUT2D eigenvalue weighted by atomic mass is 10.2. The van der Waals surface area contributed by atoms with Crippen molar-refractivity contribution in [2.75, 3.05) is 13.1 Å². The Kier molecular flexibility index (Phi) is 2.04. The van der Waals surface area contributed by atoms with Gasteiger partial charge in [-0.15, -0.1) is 0 Å². The van der Waals surface area contributed by atoms with E-state index in [4.69, 9.17) is 0 Å². The van der Waals surface area contributed by atoms with Crippen LogP contribution in [0.25, 0.3) is 0 Å². The minimum Gasteiger partial charge on any atom is -0.315 e. The van der Waals surface area contributed by atoms with Gasteiger partial charge in [0.1, 0.15) is 0 Å². The lowest BCUT2D eigenvalue weighted by Crippen LogP contribution is -2.45. The maximum absolute atomic E-state index is 12.4. The second-order valence-corrected chi connectivity index (χ2v) is 3.79. The van der Waals surface area contributed by atoms with Gasteiger partial charge in [0, 0.05) is 12.6 Å². The Morgan fingerprint density at radius 2 is 2.17 bits per heavy atom. The van der Waals surface area contributed by atoms with Gasteiger partial charge in [0.2, 0.25) is 0 Å². The summed E-state index contributed by atoms with van der Waals surface area (Å²) in [7, 11) is 0. The van der Waals surface area contributed by atoms with E-state index < -0.39 is 12.0 Å². The van der Waals surface area contributed by atoms with E-state index in [1.165, 1.54) is 0 Å². The normalized spacial score (nSPS) is 32.8. The van der Waals surface area contributed by atoms with Crippen LogP contribution in [-0.2, 0) is 0 Å². The third-order valence-electron chi connectivity index (χ3n) is 2.76. The monoisotopic (exact) mass is 176 g/mol. The topological polar surface area (TPSA) is 24.1 Å². The van der Waals surface area contributed by atoms with Crippen LogP contribution in [0.4, 0.5) is 8.78 Å². The first-order valence-corrected chi connectivity index (χ1v) is 4.49. The highest BCUT2D eigenvalue weighted by Crippen LogP contribution is 2.41. The Morgan fingerprint density at radius 3 is 2.58 bits per heavy atom. The SMILES string of the molecule is FC(F)C1(NC2CCNC2)CC1. The van der Waals surface area contributed by atoms with Gasteiger partial charge in [-0.05, 0) is 25.8 Å². The quantitative estimate of drug-likeness (QED) is 0.662. The zero-order chi connectivity index (χ0) is 8.60. The second-order valence-electron chi connectivity index (χ2n) is 3.79. The van der Waals surface area contributed by atoms with Gasteiger partial charge in [0.25, 0.3) is 6.43 Å². The van der Waals surface area contributed by atoms with Gasteiger partial charge < -0.3 is 10.6 Å². The van der Waals surface area contributed by atoms with E-state index in [-0.39, 0.29) is 6.04 Å². The molecule has 1 aliphatic heterocycles. The number of rotatable bonds is 3. The molecule has 2 aliphatic rings. The van der Waals surface area contributed by atoms with Crippen LogP contribution in [0.1, 0.15) is 19.3 Å². The van der Waals surface area contributed by atoms with Crippen molar-refractivity contribution < 1.29 is 8.78 Å². The molecule has 0 amide bonds. The first kappa shape index (κ1) is 8.38. The molecule has 0 radical (unpaired) electrons. The lowest BCUT2D eigenvalue weighted by molar-refractivity contribution is 0.0801. The molecular formula is C8H14F2N2. The van der Waals surface area contributed by atoms with Crippen LogP contribution in [0.5, 0.6) is 0 Å². The highest BCUT2D eigenvalue weighted by molar-refractivity contribution is 5.06. The number of alkyl halides is 2. The van der Waals surface area contributed by atoms with E-state index in [1.54, 1.807) is 0 Å². The highest BCUT2D eigenvalue weighted by Gasteiger charge is 2.52. The lowest BCUT2D eigenvalue weighted by Gasteiger charge is -2.20. The molecule has 1 heterocycles. The molecule has 0 aromatic carbocycles. The molecule has 2 rings (SSSR count). The molecule has 0 spiro atoms. The summed E-state index contributed by atoms with van der Waals surface area (Å²) >= 11 is 0. The fourth-order valence-corrected chi connectivity index (χ4v) is 1.74. The summed E-state index contributed by atoms with van der Waals surface area (Å²) in [5.41, 5.74) is -0.809. The van der Waals surface area contributed by atoms with Gasteiger partial charge in [0.15, 0.2) is 0 Å². The first-order chi connectivity index (χ1) is 5.73. The fraction of sp³-hybridized carbons (Fsp3) is 1.00. The average molecular weight is 176 g/mol. The Hall–Kier alpha value is -0.220. The maximum Gasteiger partial charge on any atom is 0.256 e. The summed E-state index contributed by atoms with van der Waals surface area (Å²) in [6, 6.07) is 0.265. The average Bonchev–Trinajstić information content (AvgIpc) is 2.60. The molecule has 2 fully saturated rings. The van der Waals surface area contributed by atoms with Crippen LogP contribution in [0, 0.1) is 0 Å². The van der Waals surface area contributed by atoms with Crippen molar-refractivity contribution in [1.82, 2.24) is 10.6 Å². The largest absolute Gasteiger partial charge is 0.315 e. The first-order valence-electron chi connectivity index (χ1n) is 4.49. The molecule has 1 aliphatic carbocycles. The highest BCUT2D eigenvalue weighted by atomic mass is 19.3. The Bertz CT molecular complexity index is 162. The number of hydrogen-bond acceptors (Lipinski definition) is 2. The van der Waals surface area contributed by atoms with E-state index in [0.29, 0.717) is 12.8 Å². The van der Waals surface area contributed by atoms with Crippen molar-refractivity contribution in [3.8, 4) is 0 Å². The standard InChI is InChI=1S/C8H14F2N2/c9-7(10)8(2-3-8)12-6-1-4-11-5-6/h6-7,11-12H,1-5H2. The molecule has 0 aromatic heterocycles. The van der Waals surface area contributed by atoms with Crippen molar-refractivity contribution in [3.05, 3.63) is 0 Å². The smallest absolute Gasteiger partial charge is 0.256 e. The molecule has 70 valence electrons. The van der Waals surface area contributed by atoms with E-state index in [2.05, 4.69) is 10.6 Å². The Balaban J connectivity index is 1.85. The van der Waals surface area contributed by atoms with Gasteiger partial charge in [0.05, 0.1) is 5.54 Å². The van der Waals surface area contributed by atoms with Crippen LogP contribution < -0.4 is 10.6 Å². The van der Waals surface area contributed by atoms with Crippen molar-refractivity contribution in [1.29, 1.82) is 0 Å². The molecule has 1 unspecified atom stereocenters. The van der Waals surface area contributed by atoms with Gasteiger partial charge in [-0.2, -0.15) is 0 Å². The summed E-state index contributed by atoms with van der Waals surface area (Å²) in [6.07, 6.45) is 0.0645. The van der Waals surface area contributed by atoms with Crippen LogP contribution >= 0.6 is 0 Å². The van der Waals surface area contributed by atoms with Gasteiger partial charge in [-0.25, -0.2) is 8.78 Å². The van der Waals surface area contributed by atoms with Crippen LogP contribution in [0.2, 0.25) is 0 Å². The molecule has 2 N–H and O–H groups in total. The predicted octanol–water partition coefficient (Wildman–Crippen LogP) is 0.736. The van der Waals surface area contributed by atoms with Gasteiger partial charge in [-0.3, -0.25) is 0 Å². The molecule has 12 heavy (non-hydrogen) atoms. The summed E-state index contributed by atoms with van der Waals surface area (Å²) in [5, 5.41) is 6.21. The molecule has 1 atom stereocenters.